The highest BCUT2D eigenvalue weighted by Gasteiger charge is 2.18. The number of halogens is 1. The lowest BCUT2D eigenvalue weighted by Gasteiger charge is -2.18. The number of rotatable bonds is 0. The molecule has 1 aromatic carbocycles. The number of allylic oxidation sites excluding steroid dienone is 1. The van der Waals surface area contributed by atoms with Crippen molar-refractivity contribution in [3.8, 4) is 5.75 Å². The van der Waals surface area contributed by atoms with Gasteiger partial charge in [0.15, 0.2) is 0 Å². The van der Waals surface area contributed by atoms with E-state index in [2.05, 4.69) is 6.58 Å². The van der Waals surface area contributed by atoms with Gasteiger partial charge in [0.2, 0.25) is 0 Å². The molecule has 0 amide bonds. The third kappa shape index (κ3) is 1.38. The molecule has 3 heteroatoms. The first-order chi connectivity index (χ1) is 6.58. The molecule has 2 nitrogen and oxygen atoms in total. The molecule has 0 unspecified atom stereocenters. The van der Waals surface area contributed by atoms with Crippen LogP contribution in [0.3, 0.4) is 0 Å². The first-order valence-electron chi connectivity index (χ1n) is 4.16. The normalized spacial score (nSPS) is 14.4. The Labute approximate surface area is 87.1 Å². The molecule has 0 aromatic heterocycles. The van der Waals surface area contributed by atoms with Gasteiger partial charge in [0.25, 0.3) is 0 Å². The van der Waals surface area contributed by atoms with E-state index >= 15 is 0 Å². The highest BCUT2D eigenvalue weighted by atomic mass is 35.5. The molecule has 1 aromatic rings. The third-order valence-corrected chi connectivity index (χ3v) is 2.26. The molecule has 72 valence electrons. The summed E-state index contributed by atoms with van der Waals surface area (Å²) < 4.78 is 5.40. The van der Waals surface area contributed by atoms with Crippen LogP contribution < -0.4 is 4.74 Å². The van der Waals surface area contributed by atoms with Crippen LogP contribution in [0.1, 0.15) is 11.1 Å². The Hall–Kier alpha value is -1.41. The molecule has 0 fully saturated rings. The standard InChI is InChI=1S/C11H9ClO2/c1-6-3-8(12)5-9-10(13)4-7(2)14-11(6)9/h3-5,13H,2H2,1H3. The number of ether oxygens (including phenoxy) is 1. The summed E-state index contributed by atoms with van der Waals surface area (Å²) in [4.78, 5) is 0. The molecule has 0 spiro atoms. The molecule has 2 rings (SSSR count). The van der Waals surface area contributed by atoms with E-state index < -0.39 is 0 Å². The van der Waals surface area contributed by atoms with Gasteiger partial charge in [-0.3, -0.25) is 0 Å². The average molecular weight is 209 g/mol. The minimum Gasteiger partial charge on any atom is -0.507 e. The number of aliphatic hydroxyl groups excluding tert-OH is 1. The first-order valence-corrected chi connectivity index (χ1v) is 4.53. The van der Waals surface area contributed by atoms with Crippen LogP contribution in [-0.2, 0) is 0 Å². The largest absolute Gasteiger partial charge is 0.507 e. The molecule has 0 saturated heterocycles. The molecule has 0 bridgehead atoms. The van der Waals surface area contributed by atoms with Crippen molar-refractivity contribution < 1.29 is 9.84 Å². The molecule has 1 aliphatic heterocycles. The Balaban J connectivity index is 2.69. The molecule has 0 radical (unpaired) electrons. The zero-order chi connectivity index (χ0) is 10.3. The van der Waals surface area contributed by atoms with Crippen LogP contribution in [0.25, 0.3) is 5.76 Å². The van der Waals surface area contributed by atoms with Gasteiger partial charge in [0.05, 0.1) is 5.56 Å². The van der Waals surface area contributed by atoms with E-state index in [0.717, 1.165) is 5.56 Å². The first kappa shape index (κ1) is 9.16. The van der Waals surface area contributed by atoms with Crippen LogP contribution in [-0.4, -0.2) is 5.11 Å². The summed E-state index contributed by atoms with van der Waals surface area (Å²) in [5, 5.41) is 10.2. The van der Waals surface area contributed by atoms with Gasteiger partial charge >= 0.3 is 0 Å². The highest BCUT2D eigenvalue weighted by molar-refractivity contribution is 6.30. The van der Waals surface area contributed by atoms with Gasteiger partial charge in [0, 0.05) is 11.1 Å². The van der Waals surface area contributed by atoms with Crippen LogP contribution >= 0.6 is 11.6 Å². The molecule has 1 N–H and O–H groups in total. The maximum Gasteiger partial charge on any atom is 0.141 e. The summed E-state index contributed by atoms with van der Waals surface area (Å²) in [6.07, 6.45) is 1.47. The van der Waals surface area contributed by atoms with Gasteiger partial charge in [0.1, 0.15) is 17.3 Å². The fraction of sp³-hybridized carbons (Fsp3) is 0.0909. The SMILES string of the molecule is C=C1C=C(O)c2cc(Cl)cc(C)c2O1. The van der Waals surface area contributed by atoms with Gasteiger partial charge in [-0.15, -0.1) is 0 Å². The van der Waals surface area contributed by atoms with Crippen molar-refractivity contribution in [2.24, 2.45) is 0 Å². The highest BCUT2D eigenvalue weighted by Crippen LogP contribution is 2.36. The molecule has 0 saturated carbocycles. The minimum absolute atomic E-state index is 0.141. The minimum atomic E-state index is 0.141. The zero-order valence-electron chi connectivity index (χ0n) is 7.67. The molecule has 14 heavy (non-hydrogen) atoms. The van der Waals surface area contributed by atoms with E-state index in [0.29, 0.717) is 22.1 Å². The van der Waals surface area contributed by atoms with Crippen LogP contribution in [0.15, 0.2) is 30.5 Å². The third-order valence-electron chi connectivity index (χ3n) is 2.05. The van der Waals surface area contributed by atoms with Crippen molar-refractivity contribution in [2.45, 2.75) is 6.92 Å². The van der Waals surface area contributed by atoms with E-state index in [1.165, 1.54) is 6.08 Å². The summed E-state index contributed by atoms with van der Waals surface area (Å²) in [6.45, 7) is 5.51. The number of fused-ring (bicyclic) bond motifs is 1. The average Bonchev–Trinajstić information content (AvgIpc) is 2.07. The zero-order valence-corrected chi connectivity index (χ0v) is 8.43. The summed E-state index contributed by atoms with van der Waals surface area (Å²) in [5.74, 6) is 1.20. The second kappa shape index (κ2) is 3.07. The van der Waals surface area contributed by atoms with E-state index in [-0.39, 0.29) is 5.76 Å². The predicted molar refractivity (Wildman–Crippen MR) is 56.6 cm³/mol. The number of hydrogen-bond donors (Lipinski definition) is 1. The number of aryl methyl sites for hydroxylation is 1. The molecule has 1 heterocycles. The van der Waals surface area contributed by atoms with Crippen molar-refractivity contribution in [1.29, 1.82) is 0 Å². The van der Waals surface area contributed by atoms with Crippen LogP contribution in [0, 0.1) is 6.92 Å². The van der Waals surface area contributed by atoms with Gasteiger partial charge in [-0.1, -0.05) is 18.2 Å². The Kier molecular flexibility index (Phi) is 2.01. The lowest BCUT2D eigenvalue weighted by atomic mass is 10.1. The smallest absolute Gasteiger partial charge is 0.141 e. The number of aliphatic hydroxyl groups is 1. The Morgan fingerprint density at radius 1 is 1.43 bits per heavy atom. The maximum absolute atomic E-state index is 9.64. The van der Waals surface area contributed by atoms with E-state index in [1.807, 2.05) is 6.92 Å². The van der Waals surface area contributed by atoms with E-state index in [9.17, 15) is 5.11 Å². The molecule has 0 atom stereocenters. The summed E-state index contributed by atoms with van der Waals surface area (Å²) >= 11 is 5.87. The van der Waals surface area contributed by atoms with Gasteiger partial charge in [-0.2, -0.15) is 0 Å². The topological polar surface area (TPSA) is 29.5 Å². The second-order valence-electron chi connectivity index (χ2n) is 3.20. The van der Waals surface area contributed by atoms with Crippen molar-refractivity contribution in [2.75, 3.05) is 0 Å². The fourth-order valence-corrected chi connectivity index (χ4v) is 1.72. The monoisotopic (exact) mass is 208 g/mol. The van der Waals surface area contributed by atoms with Crippen LogP contribution in [0.5, 0.6) is 5.75 Å². The predicted octanol–water partition coefficient (Wildman–Crippen LogP) is 3.45. The number of benzene rings is 1. The van der Waals surface area contributed by atoms with E-state index in [1.54, 1.807) is 12.1 Å². The van der Waals surface area contributed by atoms with Crippen molar-refractivity contribution in [3.05, 3.63) is 46.7 Å². The summed E-state index contributed by atoms with van der Waals surface area (Å²) in [6, 6.07) is 3.45. The van der Waals surface area contributed by atoms with Gasteiger partial charge in [-0.25, -0.2) is 0 Å². The Bertz CT molecular complexity index is 447. The molecule has 0 aliphatic carbocycles. The fourth-order valence-electron chi connectivity index (χ4n) is 1.45. The molecular formula is C11H9ClO2. The number of hydrogen-bond acceptors (Lipinski definition) is 2. The van der Waals surface area contributed by atoms with Crippen molar-refractivity contribution in [3.63, 3.8) is 0 Å². The summed E-state index contributed by atoms with van der Waals surface area (Å²) in [5.41, 5.74) is 1.50. The Morgan fingerprint density at radius 2 is 2.14 bits per heavy atom. The Morgan fingerprint density at radius 3 is 2.86 bits per heavy atom. The van der Waals surface area contributed by atoms with Gasteiger partial charge < -0.3 is 9.84 Å². The van der Waals surface area contributed by atoms with Crippen LogP contribution in [0.4, 0.5) is 0 Å². The van der Waals surface area contributed by atoms with Crippen molar-refractivity contribution >= 4 is 17.4 Å². The van der Waals surface area contributed by atoms with Gasteiger partial charge in [-0.05, 0) is 24.6 Å². The second-order valence-corrected chi connectivity index (χ2v) is 3.63. The summed E-state index contributed by atoms with van der Waals surface area (Å²) in [7, 11) is 0. The van der Waals surface area contributed by atoms with E-state index in [4.69, 9.17) is 16.3 Å². The lowest BCUT2D eigenvalue weighted by molar-refractivity contribution is 0.417. The lowest BCUT2D eigenvalue weighted by Crippen LogP contribution is -2.03. The maximum atomic E-state index is 9.64. The molecular weight excluding hydrogens is 200 g/mol. The van der Waals surface area contributed by atoms with Crippen LogP contribution in [0.2, 0.25) is 5.02 Å². The quantitative estimate of drug-likeness (QED) is 0.708. The molecule has 1 aliphatic rings. The van der Waals surface area contributed by atoms with Crippen molar-refractivity contribution in [1.82, 2.24) is 0 Å².